The van der Waals surface area contributed by atoms with Crippen LogP contribution in [0.3, 0.4) is 0 Å². The van der Waals surface area contributed by atoms with Crippen LogP contribution in [-0.4, -0.2) is 19.9 Å². The summed E-state index contributed by atoms with van der Waals surface area (Å²) in [6.45, 7) is 8.04. The Morgan fingerprint density at radius 1 is 1.39 bits per heavy atom. The first kappa shape index (κ1) is 12.8. The summed E-state index contributed by atoms with van der Waals surface area (Å²) in [6, 6.07) is -0.257. The first-order valence-electron chi connectivity index (χ1n) is 5.89. The van der Waals surface area contributed by atoms with Gasteiger partial charge in [-0.2, -0.15) is 10.1 Å². The van der Waals surface area contributed by atoms with Crippen molar-refractivity contribution in [3.8, 4) is 11.5 Å². The maximum Gasteiger partial charge on any atom is 0.261 e. The second kappa shape index (κ2) is 4.20. The lowest BCUT2D eigenvalue weighted by Crippen LogP contribution is -2.27. The summed E-state index contributed by atoms with van der Waals surface area (Å²) >= 11 is 0. The van der Waals surface area contributed by atoms with Gasteiger partial charge >= 0.3 is 0 Å². The second-order valence-electron chi connectivity index (χ2n) is 5.60. The highest BCUT2D eigenvalue weighted by molar-refractivity contribution is 5.54. The molecule has 0 aliphatic heterocycles. The third kappa shape index (κ3) is 2.28. The summed E-state index contributed by atoms with van der Waals surface area (Å²) in [5, 5.41) is 8.21. The van der Waals surface area contributed by atoms with Gasteiger partial charge in [0, 0.05) is 13.2 Å². The van der Waals surface area contributed by atoms with E-state index in [0.29, 0.717) is 11.7 Å². The molecule has 18 heavy (non-hydrogen) atoms. The van der Waals surface area contributed by atoms with Crippen LogP contribution >= 0.6 is 0 Å². The van der Waals surface area contributed by atoms with Crippen LogP contribution in [-0.2, 0) is 7.05 Å². The van der Waals surface area contributed by atoms with Crippen LogP contribution in [0.1, 0.15) is 38.3 Å². The van der Waals surface area contributed by atoms with E-state index in [9.17, 15) is 0 Å². The number of hydrogen-bond donors (Lipinski definition) is 1. The van der Waals surface area contributed by atoms with Crippen molar-refractivity contribution >= 4 is 0 Å². The zero-order chi connectivity index (χ0) is 13.5. The van der Waals surface area contributed by atoms with E-state index >= 15 is 0 Å². The number of aryl methyl sites for hydroxylation is 2. The standard InChI is InChI=1S/C12H19N5O/c1-7-8(6-17(5)15-7)11-14-10(16-18-11)9(13)12(2,3)4/h6,9H,13H2,1-5H3. The van der Waals surface area contributed by atoms with Gasteiger partial charge in [-0.15, -0.1) is 0 Å². The van der Waals surface area contributed by atoms with E-state index in [-0.39, 0.29) is 11.5 Å². The molecule has 1 atom stereocenters. The van der Waals surface area contributed by atoms with Gasteiger partial charge in [-0.1, -0.05) is 25.9 Å². The van der Waals surface area contributed by atoms with E-state index in [1.54, 1.807) is 4.68 Å². The minimum absolute atomic E-state index is 0.106. The van der Waals surface area contributed by atoms with Crippen LogP contribution in [0.15, 0.2) is 10.7 Å². The fraction of sp³-hybridized carbons (Fsp3) is 0.583. The second-order valence-corrected chi connectivity index (χ2v) is 5.60. The molecule has 0 saturated carbocycles. The Morgan fingerprint density at radius 3 is 2.56 bits per heavy atom. The van der Waals surface area contributed by atoms with Gasteiger partial charge in [-0.05, 0) is 12.3 Å². The fourth-order valence-electron chi connectivity index (χ4n) is 1.67. The van der Waals surface area contributed by atoms with Gasteiger partial charge in [-0.25, -0.2) is 0 Å². The van der Waals surface area contributed by atoms with Gasteiger partial charge in [0.15, 0.2) is 5.82 Å². The molecule has 0 aliphatic carbocycles. The first-order chi connectivity index (χ1) is 8.29. The van der Waals surface area contributed by atoms with E-state index in [1.807, 2.05) is 40.9 Å². The van der Waals surface area contributed by atoms with Crippen LogP contribution in [0.25, 0.3) is 11.5 Å². The molecule has 2 heterocycles. The van der Waals surface area contributed by atoms with Crippen LogP contribution < -0.4 is 5.73 Å². The molecule has 0 bridgehead atoms. The Labute approximate surface area is 106 Å². The van der Waals surface area contributed by atoms with Gasteiger partial charge in [-0.3, -0.25) is 4.68 Å². The molecular weight excluding hydrogens is 230 g/mol. The maximum absolute atomic E-state index is 6.10. The number of aromatic nitrogens is 4. The minimum atomic E-state index is -0.257. The molecule has 1 unspecified atom stereocenters. The highest BCUT2D eigenvalue weighted by Gasteiger charge is 2.27. The minimum Gasteiger partial charge on any atom is -0.334 e. The fourth-order valence-corrected chi connectivity index (χ4v) is 1.67. The van der Waals surface area contributed by atoms with Crippen molar-refractivity contribution in [2.24, 2.45) is 18.2 Å². The molecule has 6 nitrogen and oxygen atoms in total. The Morgan fingerprint density at radius 2 is 2.06 bits per heavy atom. The predicted molar refractivity (Wildman–Crippen MR) is 67.6 cm³/mol. The molecule has 98 valence electrons. The molecule has 0 fully saturated rings. The monoisotopic (exact) mass is 249 g/mol. The lowest BCUT2D eigenvalue weighted by atomic mass is 9.87. The van der Waals surface area contributed by atoms with Gasteiger partial charge in [0.2, 0.25) is 0 Å². The average molecular weight is 249 g/mol. The van der Waals surface area contributed by atoms with E-state index in [2.05, 4.69) is 15.2 Å². The Hall–Kier alpha value is -1.69. The van der Waals surface area contributed by atoms with Crippen molar-refractivity contribution < 1.29 is 4.52 Å². The largest absolute Gasteiger partial charge is 0.334 e. The lowest BCUT2D eigenvalue weighted by molar-refractivity contribution is 0.303. The third-order valence-corrected chi connectivity index (χ3v) is 2.90. The third-order valence-electron chi connectivity index (χ3n) is 2.90. The van der Waals surface area contributed by atoms with Crippen molar-refractivity contribution in [3.63, 3.8) is 0 Å². The summed E-state index contributed by atoms with van der Waals surface area (Å²) in [7, 11) is 1.86. The zero-order valence-electron chi connectivity index (χ0n) is 11.4. The van der Waals surface area contributed by atoms with Crippen molar-refractivity contribution in [1.29, 1.82) is 0 Å². The Balaban J connectivity index is 2.34. The van der Waals surface area contributed by atoms with Gasteiger partial charge in [0.25, 0.3) is 5.89 Å². The van der Waals surface area contributed by atoms with Crippen molar-refractivity contribution in [2.75, 3.05) is 0 Å². The summed E-state index contributed by atoms with van der Waals surface area (Å²) in [5.74, 6) is 0.996. The van der Waals surface area contributed by atoms with Gasteiger partial charge < -0.3 is 10.3 Å². The Bertz CT molecular complexity index is 549. The normalized spacial score (nSPS) is 13.9. The molecule has 2 rings (SSSR count). The van der Waals surface area contributed by atoms with Gasteiger partial charge in [0.05, 0.1) is 17.3 Å². The molecule has 0 saturated heterocycles. The van der Waals surface area contributed by atoms with Gasteiger partial charge in [0.1, 0.15) is 0 Å². The molecule has 0 aromatic carbocycles. The van der Waals surface area contributed by atoms with Crippen LogP contribution in [0, 0.1) is 12.3 Å². The number of nitrogens with two attached hydrogens (primary N) is 1. The maximum atomic E-state index is 6.10. The molecular formula is C12H19N5O. The van der Waals surface area contributed by atoms with Crippen LogP contribution in [0.2, 0.25) is 0 Å². The summed E-state index contributed by atoms with van der Waals surface area (Å²) in [6.07, 6.45) is 1.86. The molecule has 0 amide bonds. The summed E-state index contributed by atoms with van der Waals surface area (Å²) < 4.78 is 6.99. The molecule has 2 aromatic heterocycles. The quantitative estimate of drug-likeness (QED) is 0.877. The SMILES string of the molecule is Cc1nn(C)cc1-c1nc(C(N)C(C)(C)C)no1. The van der Waals surface area contributed by atoms with Crippen molar-refractivity contribution in [1.82, 2.24) is 19.9 Å². The molecule has 2 aromatic rings. The predicted octanol–water partition coefficient (Wildman–Crippen LogP) is 1.82. The molecule has 0 radical (unpaired) electrons. The number of nitrogens with zero attached hydrogens (tertiary/aromatic N) is 4. The summed E-state index contributed by atoms with van der Waals surface area (Å²) in [5.41, 5.74) is 7.70. The van der Waals surface area contributed by atoms with Crippen molar-refractivity contribution in [3.05, 3.63) is 17.7 Å². The molecule has 0 aliphatic rings. The van der Waals surface area contributed by atoms with Crippen LogP contribution in [0.4, 0.5) is 0 Å². The Kier molecular flexibility index (Phi) is 2.98. The number of hydrogen-bond acceptors (Lipinski definition) is 5. The topological polar surface area (TPSA) is 82.8 Å². The van der Waals surface area contributed by atoms with E-state index in [0.717, 1.165) is 11.3 Å². The summed E-state index contributed by atoms with van der Waals surface area (Å²) in [4.78, 5) is 4.36. The molecule has 0 spiro atoms. The van der Waals surface area contributed by atoms with Crippen LogP contribution in [0.5, 0.6) is 0 Å². The zero-order valence-corrected chi connectivity index (χ0v) is 11.4. The smallest absolute Gasteiger partial charge is 0.261 e. The molecule has 2 N–H and O–H groups in total. The van der Waals surface area contributed by atoms with Crippen molar-refractivity contribution in [2.45, 2.75) is 33.7 Å². The highest BCUT2D eigenvalue weighted by atomic mass is 16.5. The van der Waals surface area contributed by atoms with E-state index < -0.39 is 0 Å². The van der Waals surface area contributed by atoms with E-state index in [1.165, 1.54) is 0 Å². The number of rotatable bonds is 2. The molecule has 6 heteroatoms. The lowest BCUT2D eigenvalue weighted by Gasteiger charge is -2.23. The first-order valence-corrected chi connectivity index (χ1v) is 5.89. The average Bonchev–Trinajstić information content (AvgIpc) is 2.82. The highest BCUT2D eigenvalue weighted by Crippen LogP contribution is 2.30. The van der Waals surface area contributed by atoms with E-state index in [4.69, 9.17) is 10.3 Å².